The van der Waals surface area contributed by atoms with E-state index in [0.717, 1.165) is 32.7 Å². The van der Waals surface area contributed by atoms with Gasteiger partial charge in [-0.15, -0.1) is 5.10 Å². The molecule has 0 amide bonds. The molecular formula is C26H21N5O4. The predicted octanol–water partition coefficient (Wildman–Crippen LogP) is 4.02. The van der Waals surface area contributed by atoms with Crippen molar-refractivity contribution in [3.63, 3.8) is 0 Å². The predicted molar refractivity (Wildman–Crippen MR) is 127 cm³/mol. The minimum absolute atomic E-state index is 0.351. The van der Waals surface area contributed by atoms with E-state index in [-0.39, 0.29) is 0 Å². The second-order valence-corrected chi connectivity index (χ2v) is 7.69. The molecule has 9 heteroatoms. The third kappa shape index (κ3) is 5.59. The zero-order valence-corrected chi connectivity index (χ0v) is 18.9. The lowest BCUT2D eigenvalue weighted by molar-refractivity contribution is -0.145. The molecule has 5 rings (SSSR count). The van der Waals surface area contributed by atoms with Gasteiger partial charge in [0, 0.05) is 28.9 Å². The van der Waals surface area contributed by atoms with E-state index in [1.54, 1.807) is 0 Å². The molecule has 2 aromatic heterocycles. The average Bonchev–Trinajstić information content (AvgIpc) is 3.34. The zero-order valence-electron chi connectivity index (χ0n) is 18.9. The van der Waals surface area contributed by atoms with Crippen LogP contribution in [0, 0.1) is 0 Å². The average molecular weight is 467 g/mol. The minimum Gasteiger partial charge on any atom is -0.489 e. The van der Waals surface area contributed by atoms with Gasteiger partial charge in [0.05, 0.1) is 11.2 Å². The lowest BCUT2D eigenvalue weighted by atomic mass is 10.1. The lowest BCUT2D eigenvalue weighted by Gasteiger charge is -2.10. The number of nitrogens with zero attached hydrogens (tertiary/aromatic N) is 5. The van der Waals surface area contributed by atoms with Gasteiger partial charge in [-0.2, -0.15) is 0 Å². The smallest absolute Gasteiger partial charge is 0.333 e. The number of benzene rings is 3. The molecule has 0 radical (unpaired) electrons. The fourth-order valence-corrected chi connectivity index (χ4v) is 3.39. The Morgan fingerprint density at radius 1 is 0.857 bits per heavy atom. The van der Waals surface area contributed by atoms with Crippen molar-refractivity contribution in [3.05, 3.63) is 96.2 Å². The molecule has 0 N–H and O–H groups in total. The fourth-order valence-electron chi connectivity index (χ4n) is 3.39. The van der Waals surface area contributed by atoms with Crippen molar-refractivity contribution in [2.24, 2.45) is 0 Å². The van der Waals surface area contributed by atoms with Crippen molar-refractivity contribution in [1.82, 2.24) is 25.4 Å². The fraction of sp³-hybridized carbons (Fsp3) is 0.115. The number of ether oxygens (including phenoxy) is 2. The van der Waals surface area contributed by atoms with Gasteiger partial charge in [-0.05, 0) is 35.0 Å². The van der Waals surface area contributed by atoms with E-state index in [0.29, 0.717) is 30.5 Å². The molecule has 0 atom stereocenters. The maximum Gasteiger partial charge on any atom is 0.333 e. The lowest BCUT2D eigenvalue weighted by Crippen LogP contribution is -2.19. The van der Waals surface area contributed by atoms with E-state index in [2.05, 4.69) is 20.4 Å². The largest absolute Gasteiger partial charge is 0.489 e. The van der Waals surface area contributed by atoms with Gasteiger partial charge in [-0.1, -0.05) is 59.7 Å². The van der Waals surface area contributed by atoms with Crippen molar-refractivity contribution in [2.75, 3.05) is 0 Å². The van der Waals surface area contributed by atoms with Crippen molar-refractivity contribution in [2.45, 2.75) is 20.1 Å². The quantitative estimate of drug-likeness (QED) is 0.316. The van der Waals surface area contributed by atoms with Crippen LogP contribution in [0.15, 0.2) is 84.9 Å². The number of para-hydroxylation sites is 1. The first-order valence-electron chi connectivity index (χ1n) is 10.9. The van der Waals surface area contributed by atoms with Crippen LogP contribution in [0.25, 0.3) is 22.3 Å². The second-order valence-electron chi connectivity index (χ2n) is 7.69. The number of pyridine rings is 1. The van der Waals surface area contributed by atoms with Gasteiger partial charge in [0.15, 0.2) is 0 Å². The number of fused-ring (bicyclic) bond motifs is 1. The van der Waals surface area contributed by atoms with Crippen molar-refractivity contribution in [1.29, 1.82) is 0 Å². The van der Waals surface area contributed by atoms with Crippen LogP contribution in [-0.2, 0) is 18.0 Å². The second kappa shape index (κ2) is 10.0. The monoisotopic (exact) mass is 467 g/mol. The number of aromatic nitrogens is 5. The van der Waals surface area contributed by atoms with Crippen LogP contribution in [-0.4, -0.2) is 31.3 Å². The molecule has 0 aliphatic rings. The molecule has 0 aliphatic heterocycles. The molecule has 2 heterocycles. The first-order chi connectivity index (χ1) is 17.1. The number of hydrogen-bond donors (Lipinski definition) is 0. The van der Waals surface area contributed by atoms with Crippen LogP contribution in [0.4, 0.5) is 0 Å². The SMILES string of the molecule is CC(=O)On1nnc(-c2ccc(COc3cccc(OCc4ccc5ccccc5n4)c3)cc2)n1. The summed E-state index contributed by atoms with van der Waals surface area (Å²) in [5, 5.41) is 12.7. The molecule has 0 bridgehead atoms. The highest BCUT2D eigenvalue weighted by Gasteiger charge is 2.08. The summed E-state index contributed by atoms with van der Waals surface area (Å²) in [7, 11) is 0. The molecule has 0 fully saturated rings. The molecule has 5 aromatic rings. The third-order valence-electron chi connectivity index (χ3n) is 5.07. The number of carbonyl (C=O) groups is 1. The topological polar surface area (TPSA) is 101 Å². The Morgan fingerprint density at radius 3 is 2.43 bits per heavy atom. The van der Waals surface area contributed by atoms with Crippen LogP contribution < -0.4 is 14.3 Å². The van der Waals surface area contributed by atoms with Crippen molar-refractivity contribution < 1.29 is 19.1 Å². The van der Waals surface area contributed by atoms with Crippen LogP contribution in [0.1, 0.15) is 18.2 Å². The Bertz CT molecular complexity index is 1470. The summed E-state index contributed by atoms with van der Waals surface area (Å²) in [5.74, 6) is 1.23. The van der Waals surface area contributed by atoms with Gasteiger partial charge < -0.3 is 14.3 Å². The number of rotatable bonds is 8. The molecule has 174 valence electrons. The molecule has 0 aliphatic carbocycles. The highest BCUT2D eigenvalue weighted by atomic mass is 16.7. The summed E-state index contributed by atoms with van der Waals surface area (Å²) < 4.78 is 11.9. The Kier molecular flexibility index (Phi) is 6.29. The number of carbonyl (C=O) groups excluding carboxylic acids is 1. The Labute approximate surface area is 200 Å². The van der Waals surface area contributed by atoms with Crippen LogP contribution in [0.3, 0.4) is 0 Å². The van der Waals surface area contributed by atoms with E-state index in [4.69, 9.17) is 14.3 Å². The van der Waals surface area contributed by atoms with Crippen LogP contribution in [0.5, 0.6) is 11.5 Å². The zero-order chi connectivity index (χ0) is 24.0. The Morgan fingerprint density at radius 2 is 1.63 bits per heavy atom. The molecule has 0 saturated carbocycles. The van der Waals surface area contributed by atoms with E-state index < -0.39 is 5.97 Å². The summed E-state index contributed by atoms with van der Waals surface area (Å²) in [6.07, 6.45) is 0. The van der Waals surface area contributed by atoms with Gasteiger partial charge in [-0.25, -0.2) is 9.78 Å². The van der Waals surface area contributed by atoms with E-state index in [1.807, 2.05) is 84.9 Å². The van der Waals surface area contributed by atoms with Gasteiger partial charge in [0.2, 0.25) is 5.82 Å². The maximum atomic E-state index is 11.0. The third-order valence-corrected chi connectivity index (χ3v) is 5.07. The van der Waals surface area contributed by atoms with Crippen molar-refractivity contribution in [3.8, 4) is 22.9 Å². The molecule has 9 nitrogen and oxygen atoms in total. The summed E-state index contributed by atoms with van der Waals surface area (Å²) in [4.78, 5) is 21.2. The summed E-state index contributed by atoms with van der Waals surface area (Å²) in [6, 6.07) is 27.0. The molecule has 0 saturated heterocycles. The van der Waals surface area contributed by atoms with Crippen molar-refractivity contribution >= 4 is 16.9 Å². The molecule has 0 spiro atoms. The Hall–Kier alpha value is -4.79. The first kappa shape index (κ1) is 22.0. The molecule has 3 aromatic carbocycles. The Balaban J connectivity index is 1.17. The van der Waals surface area contributed by atoms with Gasteiger partial charge in [0.25, 0.3) is 0 Å². The summed E-state index contributed by atoms with van der Waals surface area (Å²) in [5.41, 5.74) is 3.51. The highest BCUT2D eigenvalue weighted by molar-refractivity contribution is 5.78. The number of tetrazole rings is 1. The normalized spacial score (nSPS) is 10.8. The summed E-state index contributed by atoms with van der Waals surface area (Å²) >= 11 is 0. The van der Waals surface area contributed by atoms with Gasteiger partial charge in [0.1, 0.15) is 24.7 Å². The summed E-state index contributed by atoms with van der Waals surface area (Å²) in [6.45, 7) is 2.01. The first-order valence-corrected chi connectivity index (χ1v) is 10.9. The van der Waals surface area contributed by atoms with E-state index >= 15 is 0 Å². The van der Waals surface area contributed by atoms with Gasteiger partial charge in [-0.3, -0.25) is 0 Å². The maximum absolute atomic E-state index is 11.0. The van der Waals surface area contributed by atoms with E-state index in [1.165, 1.54) is 6.92 Å². The number of hydrogen-bond acceptors (Lipinski definition) is 8. The molecule has 0 unspecified atom stereocenters. The van der Waals surface area contributed by atoms with Gasteiger partial charge >= 0.3 is 5.97 Å². The minimum atomic E-state index is -0.527. The standard InChI is InChI=1S/C26H21N5O4/c1-18(32)35-31-29-26(28-30-31)21-11-9-19(10-12-21)16-33-23-6-4-7-24(15-23)34-17-22-14-13-20-5-2-3-8-25(20)27-22/h2-15H,16-17H2,1H3. The van der Waals surface area contributed by atoms with Crippen LogP contribution >= 0.6 is 0 Å². The van der Waals surface area contributed by atoms with Crippen LogP contribution in [0.2, 0.25) is 0 Å². The molecule has 35 heavy (non-hydrogen) atoms. The van der Waals surface area contributed by atoms with E-state index in [9.17, 15) is 4.79 Å². The highest BCUT2D eigenvalue weighted by Crippen LogP contribution is 2.22. The molecular weight excluding hydrogens is 446 g/mol.